The van der Waals surface area contributed by atoms with Gasteiger partial charge >= 0.3 is 0 Å². The molecule has 0 bridgehead atoms. The molecule has 5 heteroatoms. The molecule has 0 spiro atoms. The van der Waals surface area contributed by atoms with Gasteiger partial charge in [0.25, 0.3) is 5.91 Å². The summed E-state index contributed by atoms with van der Waals surface area (Å²) < 4.78 is 5.15. The van der Waals surface area contributed by atoms with Gasteiger partial charge in [-0.2, -0.15) is 11.3 Å². The number of carbonyl (C=O) groups is 1. The molecule has 1 amide bonds. The second kappa shape index (κ2) is 4.96. The van der Waals surface area contributed by atoms with Crippen LogP contribution in [0.15, 0.2) is 33.6 Å². The van der Waals surface area contributed by atoms with Crippen LogP contribution in [-0.2, 0) is 5.60 Å². The van der Waals surface area contributed by atoms with Gasteiger partial charge in [-0.25, -0.2) is 0 Å². The van der Waals surface area contributed by atoms with Crippen molar-refractivity contribution in [3.8, 4) is 0 Å². The van der Waals surface area contributed by atoms with Crippen LogP contribution >= 0.6 is 11.3 Å². The van der Waals surface area contributed by atoms with Crippen molar-refractivity contribution in [2.24, 2.45) is 0 Å². The molecule has 18 heavy (non-hydrogen) atoms. The maximum Gasteiger partial charge on any atom is 0.252 e. The maximum atomic E-state index is 11.9. The van der Waals surface area contributed by atoms with E-state index in [2.05, 4.69) is 5.32 Å². The summed E-state index contributed by atoms with van der Waals surface area (Å²) in [7, 11) is 0. The van der Waals surface area contributed by atoms with Crippen molar-refractivity contribution in [1.29, 1.82) is 0 Å². The van der Waals surface area contributed by atoms with Gasteiger partial charge < -0.3 is 14.8 Å². The molecule has 0 aromatic carbocycles. The van der Waals surface area contributed by atoms with Crippen LogP contribution in [0.4, 0.5) is 0 Å². The number of nitrogens with one attached hydrogen (secondary N) is 1. The van der Waals surface area contributed by atoms with E-state index in [4.69, 9.17) is 4.42 Å². The fourth-order valence-corrected chi connectivity index (χ4v) is 2.44. The number of rotatable bonds is 4. The molecule has 2 heterocycles. The molecule has 2 aromatic rings. The van der Waals surface area contributed by atoms with E-state index in [1.165, 1.54) is 17.6 Å². The van der Waals surface area contributed by atoms with Gasteiger partial charge in [-0.15, -0.1) is 0 Å². The molecule has 4 nitrogen and oxygen atoms in total. The lowest BCUT2D eigenvalue weighted by Crippen LogP contribution is -2.38. The largest absolute Gasteiger partial charge is 0.466 e. The molecule has 0 saturated carbocycles. The van der Waals surface area contributed by atoms with Crippen molar-refractivity contribution >= 4 is 17.2 Å². The van der Waals surface area contributed by atoms with Gasteiger partial charge in [0.1, 0.15) is 11.4 Å². The molecule has 1 atom stereocenters. The van der Waals surface area contributed by atoms with E-state index >= 15 is 0 Å². The van der Waals surface area contributed by atoms with Gasteiger partial charge in [-0.1, -0.05) is 0 Å². The number of amides is 1. The van der Waals surface area contributed by atoms with E-state index in [9.17, 15) is 9.90 Å². The fourth-order valence-electron chi connectivity index (χ4n) is 1.61. The summed E-state index contributed by atoms with van der Waals surface area (Å²) >= 11 is 1.48. The zero-order chi connectivity index (χ0) is 13.2. The van der Waals surface area contributed by atoms with E-state index in [-0.39, 0.29) is 12.5 Å². The SMILES string of the molecule is Cc1cscc1C(=O)NCC(C)(O)c1ccco1. The summed E-state index contributed by atoms with van der Waals surface area (Å²) in [6.07, 6.45) is 1.49. The molecule has 96 valence electrons. The molecule has 0 aliphatic carbocycles. The summed E-state index contributed by atoms with van der Waals surface area (Å²) in [4.78, 5) is 11.9. The Morgan fingerprint density at radius 3 is 2.89 bits per heavy atom. The number of thiophene rings is 1. The molecule has 2 rings (SSSR count). The number of hydrogen-bond donors (Lipinski definition) is 2. The van der Waals surface area contributed by atoms with Gasteiger partial charge in [-0.05, 0) is 36.9 Å². The third-order valence-electron chi connectivity index (χ3n) is 2.75. The monoisotopic (exact) mass is 265 g/mol. The average Bonchev–Trinajstić information content (AvgIpc) is 2.96. The first-order chi connectivity index (χ1) is 8.50. The second-order valence-electron chi connectivity index (χ2n) is 4.40. The summed E-state index contributed by atoms with van der Waals surface area (Å²) in [6.45, 7) is 3.59. The summed E-state index contributed by atoms with van der Waals surface area (Å²) in [5.74, 6) is 0.255. The Kier molecular flexibility index (Phi) is 3.54. The highest BCUT2D eigenvalue weighted by atomic mass is 32.1. The highest BCUT2D eigenvalue weighted by Crippen LogP contribution is 2.20. The number of aryl methyl sites for hydroxylation is 1. The molecule has 0 fully saturated rings. The molecule has 0 radical (unpaired) electrons. The maximum absolute atomic E-state index is 11.9. The molecule has 1 unspecified atom stereocenters. The van der Waals surface area contributed by atoms with Gasteiger partial charge in [0.05, 0.1) is 18.4 Å². The van der Waals surface area contributed by atoms with Crippen molar-refractivity contribution in [2.45, 2.75) is 19.4 Å². The van der Waals surface area contributed by atoms with Crippen molar-refractivity contribution < 1.29 is 14.3 Å². The minimum absolute atomic E-state index is 0.106. The molecular formula is C13H15NO3S. The number of furan rings is 1. The number of carbonyl (C=O) groups excluding carboxylic acids is 1. The first-order valence-electron chi connectivity index (χ1n) is 5.58. The Balaban J connectivity index is 2.00. The van der Waals surface area contributed by atoms with Gasteiger partial charge in [-0.3, -0.25) is 4.79 Å². The Morgan fingerprint density at radius 2 is 2.33 bits per heavy atom. The van der Waals surface area contributed by atoms with Crippen molar-refractivity contribution in [2.75, 3.05) is 6.54 Å². The zero-order valence-electron chi connectivity index (χ0n) is 10.3. The zero-order valence-corrected chi connectivity index (χ0v) is 11.1. The Labute approximate surface area is 109 Å². The predicted molar refractivity (Wildman–Crippen MR) is 69.7 cm³/mol. The molecule has 0 saturated heterocycles. The van der Waals surface area contributed by atoms with Crippen molar-refractivity contribution in [3.63, 3.8) is 0 Å². The van der Waals surface area contributed by atoms with Crippen LogP contribution < -0.4 is 5.32 Å². The Hall–Kier alpha value is -1.59. The quantitative estimate of drug-likeness (QED) is 0.891. The van der Waals surface area contributed by atoms with Crippen LogP contribution in [0.25, 0.3) is 0 Å². The topological polar surface area (TPSA) is 62.5 Å². The van der Waals surface area contributed by atoms with E-state index in [0.29, 0.717) is 11.3 Å². The minimum atomic E-state index is -1.21. The van der Waals surface area contributed by atoms with Crippen molar-refractivity contribution in [3.05, 3.63) is 46.0 Å². The first-order valence-corrected chi connectivity index (χ1v) is 6.52. The van der Waals surface area contributed by atoms with Crippen LogP contribution in [0.1, 0.15) is 28.6 Å². The smallest absolute Gasteiger partial charge is 0.252 e. The van der Waals surface area contributed by atoms with Crippen LogP contribution in [0.2, 0.25) is 0 Å². The van der Waals surface area contributed by atoms with E-state index in [0.717, 1.165) is 5.56 Å². The lowest BCUT2D eigenvalue weighted by Gasteiger charge is -2.21. The Bertz CT molecular complexity index is 528. The Morgan fingerprint density at radius 1 is 1.56 bits per heavy atom. The second-order valence-corrected chi connectivity index (χ2v) is 5.15. The molecular weight excluding hydrogens is 250 g/mol. The fraction of sp³-hybridized carbons (Fsp3) is 0.308. The molecule has 2 aromatic heterocycles. The van der Waals surface area contributed by atoms with E-state index < -0.39 is 5.60 Å². The van der Waals surface area contributed by atoms with Gasteiger partial charge in [0.15, 0.2) is 0 Å². The van der Waals surface area contributed by atoms with Gasteiger partial charge in [0, 0.05) is 5.38 Å². The predicted octanol–water partition coefficient (Wildman–Crippen LogP) is 2.29. The van der Waals surface area contributed by atoms with Crippen LogP contribution in [0.3, 0.4) is 0 Å². The van der Waals surface area contributed by atoms with Crippen LogP contribution in [0.5, 0.6) is 0 Å². The third-order valence-corrected chi connectivity index (χ3v) is 3.61. The summed E-state index contributed by atoms with van der Waals surface area (Å²) in [5.41, 5.74) is 0.383. The standard InChI is InChI=1S/C13H15NO3S/c1-9-6-18-7-10(9)12(15)14-8-13(2,16)11-4-3-5-17-11/h3-7,16H,8H2,1-2H3,(H,14,15). The van der Waals surface area contributed by atoms with Crippen LogP contribution in [-0.4, -0.2) is 17.6 Å². The van der Waals surface area contributed by atoms with E-state index in [1.807, 2.05) is 12.3 Å². The minimum Gasteiger partial charge on any atom is -0.466 e. The molecule has 0 aliphatic heterocycles. The lowest BCUT2D eigenvalue weighted by atomic mass is 10.0. The number of hydrogen-bond acceptors (Lipinski definition) is 4. The first kappa shape index (κ1) is 12.9. The normalized spacial score (nSPS) is 14.2. The highest BCUT2D eigenvalue weighted by Gasteiger charge is 2.27. The highest BCUT2D eigenvalue weighted by molar-refractivity contribution is 7.08. The van der Waals surface area contributed by atoms with Crippen LogP contribution in [0, 0.1) is 6.92 Å². The summed E-state index contributed by atoms with van der Waals surface area (Å²) in [5, 5.41) is 16.6. The lowest BCUT2D eigenvalue weighted by molar-refractivity contribution is 0.0330. The summed E-state index contributed by atoms with van der Waals surface area (Å²) in [6, 6.07) is 3.39. The van der Waals surface area contributed by atoms with E-state index in [1.54, 1.807) is 24.4 Å². The van der Waals surface area contributed by atoms with Gasteiger partial charge in [0.2, 0.25) is 0 Å². The van der Waals surface area contributed by atoms with Crippen molar-refractivity contribution in [1.82, 2.24) is 5.32 Å². The number of aliphatic hydroxyl groups is 1. The molecule has 0 aliphatic rings. The third kappa shape index (κ3) is 2.63. The average molecular weight is 265 g/mol. The molecule has 2 N–H and O–H groups in total.